The number of nitrogens with zero attached hydrogens (tertiary/aromatic N) is 4. The molecule has 26 heavy (non-hydrogen) atoms. The van der Waals surface area contributed by atoms with Crippen molar-refractivity contribution in [3.05, 3.63) is 58.2 Å². The van der Waals surface area contributed by atoms with Gasteiger partial charge in [0.05, 0.1) is 42.7 Å². The molecule has 1 fully saturated rings. The highest BCUT2D eigenvalue weighted by molar-refractivity contribution is 5.87. The number of furan rings is 1. The molecule has 2 aliphatic rings. The van der Waals surface area contributed by atoms with Gasteiger partial charge in [-0.3, -0.25) is 0 Å². The maximum absolute atomic E-state index is 9.76. The topological polar surface area (TPSA) is 92.7 Å². The Morgan fingerprint density at radius 3 is 3.00 bits per heavy atom. The van der Waals surface area contributed by atoms with E-state index in [0.29, 0.717) is 53.6 Å². The minimum atomic E-state index is -0.553. The SMILES string of the molecule is C.[C-]#[N+]C1=C2COCCN2C(C)=C(C#N)[C@H]1c1cc2c(N)nccc2o1. The van der Waals surface area contributed by atoms with Crippen LogP contribution < -0.4 is 5.73 Å². The number of ether oxygens (including phenoxy) is 1. The minimum absolute atomic E-state index is 0. The van der Waals surface area contributed by atoms with E-state index in [9.17, 15) is 5.26 Å². The number of hydrogen-bond donors (Lipinski definition) is 1. The summed E-state index contributed by atoms with van der Waals surface area (Å²) in [6, 6.07) is 5.77. The van der Waals surface area contributed by atoms with Gasteiger partial charge in [-0.15, -0.1) is 0 Å². The number of hydrogen-bond acceptors (Lipinski definition) is 6. The summed E-state index contributed by atoms with van der Waals surface area (Å²) in [6.07, 6.45) is 1.57. The molecular formula is C19H19N5O2. The number of pyridine rings is 1. The van der Waals surface area contributed by atoms with Gasteiger partial charge in [-0.2, -0.15) is 5.26 Å². The monoisotopic (exact) mass is 349 g/mol. The first-order valence-corrected chi connectivity index (χ1v) is 7.86. The lowest BCUT2D eigenvalue weighted by molar-refractivity contribution is 0.0832. The Balaban J connectivity index is 0.00000196. The van der Waals surface area contributed by atoms with Gasteiger partial charge in [-0.25, -0.2) is 9.83 Å². The molecule has 2 aromatic heterocycles. The molecule has 0 unspecified atom stereocenters. The van der Waals surface area contributed by atoms with E-state index >= 15 is 0 Å². The van der Waals surface area contributed by atoms with E-state index in [4.69, 9.17) is 21.5 Å². The van der Waals surface area contributed by atoms with E-state index in [0.717, 1.165) is 11.4 Å². The normalized spacial score (nSPS) is 19.7. The summed E-state index contributed by atoms with van der Waals surface area (Å²) >= 11 is 0. The van der Waals surface area contributed by atoms with E-state index in [1.54, 1.807) is 18.3 Å². The average Bonchev–Trinajstić information content (AvgIpc) is 3.07. The van der Waals surface area contributed by atoms with Crippen LogP contribution in [0.5, 0.6) is 0 Å². The average molecular weight is 349 g/mol. The van der Waals surface area contributed by atoms with Gasteiger partial charge >= 0.3 is 0 Å². The molecule has 0 radical (unpaired) electrons. The van der Waals surface area contributed by atoms with E-state index in [2.05, 4.69) is 15.9 Å². The second-order valence-corrected chi connectivity index (χ2v) is 5.95. The van der Waals surface area contributed by atoms with Gasteiger partial charge in [-0.05, 0) is 19.1 Å². The Hall–Kier alpha value is -3.29. The summed E-state index contributed by atoms with van der Waals surface area (Å²) in [7, 11) is 0. The Kier molecular flexibility index (Phi) is 4.41. The number of nitrogens with two attached hydrogens (primary N) is 1. The molecule has 0 aromatic carbocycles. The maximum atomic E-state index is 9.76. The zero-order chi connectivity index (χ0) is 17.6. The fourth-order valence-corrected chi connectivity index (χ4v) is 3.47. The number of allylic oxidation sites excluding steroid dienone is 2. The molecule has 1 atom stereocenters. The van der Waals surface area contributed by atoms with E-state index in [1.807, 2.05) is 11.8 Å². The molecule has 0 bridgehead atoms. The molecule has 1 saturated heterocycles. The molecule has 2 aromatic rings. The third-order valence-electron chi connectivity index (χ3n) is 4.70. The van der Waals surface area contributed by atoms with Crippen molar-refractivity contribution in [2.75, 3.05) is 25.5 Å². The zero-order valence-corrected chi connectivity index (χ0v) is 13.6. The fourth-order valence-electron chi connectivity index (χ4n) is 3.47. The Morgan fingerprint density at radius 2 is 2.31 bits per heavy atom. The quantitative estimate of drug-likeness (QED) is 0.793. The molecule has 2 N–H and O–H groups in total. The predicted molar refractivity (Wildman–Crippen MR) is 97.4 cm³/mol. The van der Waals surface area contributed by atoms with Crippen molar-refractivity contribution in [3.63, 3.8) is 0 Å². The van der Waals surface area contributed by atoms with E-state index < -0.39 is 5.92 Å². The summed E-state index contributed by atoms with van der Waals surface area (Å²) in [5, 5.41) is 10.4. The van der Waals surface area contributed by atoms with Gasteiger partial charge in [0.2, 0.25) is 5.70 Å². The second-order valence-electron chi connectivity index (χ2n) is 5.95. The largest absolute Gasteiger partial charge is 0.461 e. The third-order valence-corrected chi connectivity index (χ3v) is 4.70. The summed E-state index contributed by atoms with van der Waals surface area (Å²) in [5.41, 5.74) is 9.13. The highest BCUT2D eigenvalue weighted by Gasteiger charge is 2.38. The number of morpholine rings is 1. The van der Waals surface area contributed by atoms with Crippen LogP contribution >= 0.6 is 0 Å². The molecule has 132 valence electrons. The molecule has 0 spiro atoms. The highest BCUT2D eigenvalue weighted by atomic mass is 16.5. The van der Waals surface area contributed by atoms with Crippen molar-refractivity contribution in [2.24, 2.45) is 0 Å². The van der Waals surface area contributed by atoms with Crippen LogP contribution in [0.1, 0.15) is 26.0 Å². The van der Waals surface area contributed by atoms with E-state index in [-0.39, 0.29) is 7.43 Å². The molecule has 0 amide bonds. The molecule has 0 aliphatic carbocycles. The lowest BCUT2D eigenvalue weighted by Crippen LogP contribution is -2.38. The molecule has 7 heteroatoms. The number of rotatable bonds is 1. The molecular weight excluding hydrogens is 330 g/mol. The number of aromatic nitrogens is 1. The lowest BCUT2D eigenvalue weighted by atomic mass is 9.87. The van der Waals surface area contributed by atoms with Crippen LogP contribution in [-0.2, 0) is 4.74 Å². The summed E-state index contributed by atoms with van der Waals surface area (Å²) in [4.78, 5) is 9.80. The van der Waals surface area contributed by atoms with Gasteiger partial charge < -0.3 is 19.8 Å². The summed E-state index contributed by atoms with van der Waals surface area (Å²) in [5.74, 6) is 0.332. The van der Waals surface area contributed by atoms with Gasteiger partial charge in [-0.1, -0.05) is 7.43 Å². The number of fused-ring (bicyclic) bond motifs is 2. The van der Waals surface area contributed by atoms with Crippen molar-refractivity contribution in [1.29, 1.82) is 5.26 Å². The first-order valence-electron chi connectivity index (χ1n) is 7.86. The molecule has 0 saturated carbocycles. The van der Waals surface area contributed by atoms with Crippen LogP contribution in [-0.4, -0.2) is 29.6 Å². The predicted octanol–water partition coefficient (Wildman–Crippen LogP) is 3.40. The maximum Gasteiger partial charge on any atom is 0.202 e. The summed E-state index contributed by atoms with van der Waals surface area (Å²) < 4.78 is 11.5. The summed E-state index contributed by atoms with van der Waals surface area (Å²) in [6.45, 7) is 11.1. The van der Waals surface area contributed by atoms with Crippen LogP contribution in [0.2, 0.25) is 0 Å². The standard InChI is InChI=1S/C18H15N5O2.CH4/c1-10-12(8-19)16(17(21-2)13-9-24-6-5-23(10)13)15-7-11-14(25-15)3-4-22-18(11)20;/h3-4,7,16H,5-6,9H2,1H3,(H2,20,22);1H4/t16-;/m0./s1. The van der Waals surface area contributed by atoms with E-state index in [1.165, 1.54) is 0 Å². The third kappa shape index (κ3) is 2.42. The number of nitriles is 1. The Morgan fingerprint density at radius 1 is 1.50 bits per heavy atom. The Labute approximate surface area is 151 Å². The van der Waals surface area contributed by atoms with Crippen molar-refractivity contribution >= 4 is 16.8 Å². The van der Waals surface area contributed by atoms with Gasteiger partial charge in [0.25, 0.3) is 0 Å². The van der Waals surface area contributed by atoms with Crippen molar-refractivity contribution in [2.45, 2.75) is 20.3 Å². The molecule has 4 heterocycles. The minimum Gasteiger partial charge on any atom is -0.461 e. The molecule has 7 nitrogen and oxygen atoms in total. The first kappa shape index (κ1) is 17.5. The van der Waals surface area contributed by atoms with Gasteiger partial charge in [0.15, 0.2) is 0 Å². The Bertz CT molecular complexity index is 1020. The van der Waals surface area contributed by atoms with Gasteiger partial charge in [0, 0.05) is 24.1 Å². The highest BCUT2D eigenvalue weighted by Crippen LogP contribution is 2.44. The number of nitrogen functional groups attached to an aromatic ring is 1. The van der Waals surface area contributed by atoms with Crippen LogP contribution in [0.25, 0.3) is 15.8 Å². The smallest absolute Gasteiger partial charge is 0.202 e. The second kappa shape index (κ2) is 6.55. The van der Waals surface area contributed by atoms with Crippen LogP contribution in [0, 0.1) is 17.9 Å². The van der Waals surface area contributed by atoms with Crippen molar-refractivity contribution < 1.29 is 9.15 Å². The molecule has 2 aliphatic heterocycles. The number of anilines is 1. The zero-order valence-electron chi connectivity index (χ0n) is 13.6. The van der Waals surface area contributed by atoms with Gasteiger partial charge in [0.1, 0.15) is 17.2 Å². The van der Waals surface area contributed by atoms with Crippen molar-refractivity contribution in [3.8, 4) is 6.07 Å². The van der Waals surface area contributed by atoms with Crippen LogP contribution in [0.3, 0.4) is 0 Å². The molecule has 4 rings (SSSR count). The van der Waals surface area contributed by atoms with Crippen molar-refractivity contribution in [1.82, 2.24) is 9.88 Å². The fraction of sp³-hybridized carbons (Fsp3) is 0.316. The van der Waals surface area contributed by atoms with Crippen LogP contribution in [0.4, 0.5) is 5.82 Å². The lowest BCUT2D eigenvalue weighted by Gasteiger charge is -2.38. The first-order chi connectivity index (χ1) is 12.2. The van der Waals surface area contributed by atoms with Crippen LogP contribution in [0.15, 0.2) is 45.4 Å².